The van der Waals surface area contributed by atoms with Crippen molar-refractivity contribution in [2.24, 2.45) is 0 Å². The number of ether oxygens (including phenoxy) is 2. The maximum atomic E-state index is 15.6. The molecule has 10 nitrogen and oxygen atoms in total. The molecule has 4 heterocycles. The second-order valence-corrected chi connectivity index (χ2v) is 11.5. The van der Waals surface area contributed by atoms with Gasteiger partial charge in [-0.2, -0.15) is 0 Å². The van der Waals surface area contributed by atoms with Crippen LogP contribution in [0.1, 0.15) is 57.3 Å². The van der Waals surface area contributed by atoms with Crippen LogP contribution < -0.4 is 5.32 Å². The van der Waals surface area contributed by atoms with E-state index in [0.29, 0.717) is 48.7 Å². The van der Waals surface area contributed by atoms with Crippen LogP contribution in [0.25, 0.3) is 22.3 Å². The van der Waals surface area contributed by atoms with E-state index in [-0.39, 0.29) is 46.8 Å². The number of benzene rings is 1. The number of aliphatic hydroxyl groups excluding tert-OH is 1. The van der Waals surface area contributed by atoms with Crippen molar-refractivity contribution in [2.45, 2.75) is 69.2 Å². The van der Waals surface area contributed by atoms with E-state index in [1.54, 1.807) is 4.90 Å². The van der Waals surface area contributed by atoms with Crippen LogP contribution in [0, 0.1) is 5.82 Å². The molecule has 3 atom stereocenters. The van der Waals surface area contributed by atoms with Crippen molar-refractivity contribution >= 4 is 34.7 Å². The molecule has 2 saturated heterocycles. The minimum absolute atomic E-state index is 0.00493. The molecule has 1 unspecified atom stereocenters. The molecule has 2 N–H and O–H groups in total. The molecule has 2 aliphatic heterocycles. The van der Waals surface area contributed by atoms with Gasteiger partial charge in [0.2, 0.25) is 5.95 Å². The van der Waals surface area contributed by atoms with E-state index >= 15 is 4.39 Å². The van der Waals surface area contributed by atoms with Gasteiger partial charge in [0, 0.05) is 30.6 Å². The molecule has 2 aromatic heterocycles. The van der Waals surface area contributed by atoms with Gasteiger partial charge in [0.15, 0.2) is 5.82 Å². The Morgan fingerprint density at radius 1 is 1.33 bits per heavy atom. The molecule has 12 heteroatoms. The summed E-state index contributed by atoms with van der Waals surface area (Å²) in [5.74, 6) is 0.524. The molecular formula is C27H32ClFN6O4. The summed E-state index contributed by atoms with van der Waals surface area (Å²) in [5.41, 5.74) is 1.63. The van der Waals surface area contributed by atoms with Crippen molar-refractivity contribution in [3.05, 3.63) is 35.0 Å². The number of aromatic nitrogens is 4. The molecule has 6 rings (SSSR count). The largest absolute Gasteiger partial charge is 0.453 e. The smallest absolute Gasteiger partial charge is 0.409 e. The van der Waals surface area contributed by atoms with E-state index in [1.807, 2.05) is 24.5 Å². The zero-order valence-electron chi connectivity index (χ0n) is 22.2. The number of carbonyl (C=O) groups excluding carboxylic acids is 1. The lowest BCUT2D eigenvalue weighted by Crippen LogP contribution is -2.46. The van der Waals surface area contributed by atoms with Crippen molar-refractivity contribution in [3.63, 3.8) is 0 Å². The van der Waals surface area contributed by atoms with Gasteiger partial charge in [0.05, 0.1) is 53.9 Å². The van der Waals surface area contributed by atoms with Crippen LogP contribution >= 0.6 is 11.6 Å². The first kappa shape index (κ1) is 26.2. The molecule has 1 saturated carbocycles. The monoisotopic (exact) mass is 558 g/mol. The molecule has 1 amide bonds. The molecule has 3 aliphatic rings. The predicted molar refractivity (Wildman–Crippen MR) is 143 cm³/mol. The Kier molecular flexibility index (Phi) is 6.63. The van der Waals surface area contributed by atoms with Gasteiger partial charge in [0.25, 0.3) is 0 Å². The highest BCUT2D eigenvalue weighted by atomic mass is 35.5. The Morgan fingerprint density at radius 2 is 2.13 bits per heavy atom. The third-order valence-electron chi connectivity index (χ3n) is 8.03. The zero-order chi connectivity index (χ0) is 27.5. The summed E-state index contributed by atoms with van der Waals surface area (Å²) >= 11 is 6.52. The number of hydrogen-bond donors (Lipinski definition) is 2. The molecule has 39 heavy (non-hydrogen) atoms. The van der Waals surface area contributed by atoms with Crippen LogP contribution in [0.4, 0.5) is 15.1 Å². The molecule has 1 aromatic carbocycles. The third-order valence-corrected chi connectivity index (χ3v) is 8.31. The van der Waals surface area contributed by atoms with Crippen molar-refractivity contribution < 1.29 is 23.8 Å². The number of imidazole rings is 1. The van der Waals surface area contributed by atoms with Crippen LogP contribution in [0.5, 0.6) is 0 Å². The van der Waals surface area contributed by atoms with Crippen LogP contribution in [-0.2, 0) is 9.47 Å². The summed E-state index contributed by atoms with van der Waals surface area (Å²) in [6, 6.07) is 2.98. The fourth-order valence-electron chi connectivity index (χ4n) is 5.82. The number of nitrogens with zero attached hydrogens (tertiary/aromatic N) is 5. The molecule has 1 aliphatic carbocycles. The maximum absolute atomic E-state index is 15.6. The number of rotatable bonds is 5. The average Bonchev–Trinajstić information content (AvgIpc) is 3.30. The molecule has 3 aromatic rings. The lowest BCUT2D eigenvalue weighted by molar-refractivity contribution is -0.0763. The maximum Gasteiger partial charge on any atom is 0.409 e. The van der Waals surface area contributed by atoms with E-state index in [4.69, 9.17) is 26.1 Å². The number of likely N-dealkylation sites (tertiary alicyclic amines) is 1. The second kappa shape index (κ2) is 9.87. The summed E-state index contributed by atoms with van der Waals surface area (Å²) in [6.07, 6.45) is 3.78. The highest BCUT2D eigenvalue weighted by Gasteiger charge is 2.50. The fourth-order valence-corrected chi connectivity index (χ4v) is 6.02. The van der Waals surface area contributed by atoms with Gasteiger partial charge in [0.1, 0.15) is 11.3 Å². The van der Waals surface area contributed by atoms with E-state index in [9.17, 15) is 9.90 Å². The van der Waals surface area contributed by atoms with Crippen molar-refractivity contribution in [1.29, 1.82) is 0 Å². The minimum Gasteiger partial charge on any atom is -0.453 e. The van der Waals surface area contributed by atoms with Crippen molar-refractivity contribution in [1.82, 2.24) is 24.4 Å². The topological polar surface area (TPSA) is 115 Å². The number of methoxy groups -OCH3 is 1. The zero-order valence-corrected chi connectivity index (χ0v) is 22.9. The van der Waals surface area contributed by atoms with E-state index in [0.717, 1.165) is 18.7 Å². The predicted octanol–water partition coefficient (Wildman–Crippen LogP) is 4.52. The first-order chi connectivity index (χ1) is 18.7. The van der Waals surface area contributed by atoms with Crippen LogP contribution in [0.2, 0.25) is 5.02 Å². The number of halogens is 2. The Balaban J connectivity index is 1.35. The molecule has 0 bridgehead atoms. The standard InChI is InChI=1S/C27H32ClFN6O4/c1-14(2)35-20-9-16(8-18(29)23(20)32-24(35)15-4-7-34(12-15)26(37)38-3)22-17(28)11-30-25(33-22)31-19-10-27(5-6-27)39-13-21(19)36/h8-9,11,14-15,19,21,36H,4-7,10,12-13H2,1-3H3,(H,30,31,33)/t15-,19?,21+/m1/s1. The van der Waals surface area contributed by atoms with Gasteiger partial charge in [-0.3, -0.25) is 0 Å². The Hall–Kier alpha value is -3.02. The molecule has 1 spiro atoms. The van der Waals surface area contributed by atoms with E-state index < -0.39 is 11.9 Å². The number of nitrogens with one attached hydrogen (secondary N) is 1. The van der Waals surface area contributed by atoms with Crippen LogP contribution in [0.3, 0.4) is 0 Å². The number of anilines is 1. The Morgan fingerprint density at radius 3 is 2.85 bits per heavy atom. The summed E-state index contributed by atoms with van der Waals surface area (Å²) in [7, 11) is 1.37. The minimum atomic E-state index is -0.683. The summed E-state index contributed by atoms with van der Waals surface area (Å²) in [4.78, 5) is 27.3. The van der Waals surface area contributed by atoms with Gasteiger partial charge < -0.3 is 29.4 Å². The molecule has 208 valence electrons. The van der Waals surface area contributed by atoms with Gasteiger partial charge in [-0.1, -0.05) is 11.6 Å². The SMILES string of the molecule is COC(=O)N1CC[C@@H](c2nc3c(F)cc(-c4nc(NC5CC6(CC6)OC[C@@H]5O)ncc4Cl)cc3n2C(C)C)C1. The first-order valence-electron chi connectivity index (χ1n) is 13.3. The highest BCUT2D eigenvalue weighted by Crippen LogP contribution is 2.46. The quantitative estimate of drug-likeness (QED) is 0.470. The number of hydrogen-bond acceptors (Lipinski definition) is 8. The highest BCUT2D eigenvalue weighted by molar-refractivity contribution is 6.33. The van der Waals surface area contributed by atoms with Crippen LogP contribution in [-0.4, -0.2) is 80.2 Å². The molecule has 0 radical (unpaired) electrons. The summed E-state index contributed by atoms with van der Waals surface area (Å²) in [5, 5.41) is 14.0. The molecule has 3 fully saturated rings. The van der Waals surface area contributed by atoms with Gasteiger partial charge in [-0.05, 0) is 51.7 Å². The molecular weight excluding hydrogens is 527 g/mol. The summed E-state index contributed by atoms with van der Waals surface area (Å²) < 4.78 is 28.3. The first-order valence-corrected chi connectivity index (χ1v) is 13.7. The lowest BCUT2D eigenvalue weighted by Gasteiger charge is -2.34. The number of fused-ring (bicyclic) bond motifs is 1. The fraction of sp³-hybridized carbons (Fsp3) is 0.556. The lowest BCUT2D eigenvalue weighted by atomic mass is 9.99. The van der Waals surface area contributed by atoms with Crippen molar-refractivity contribution in [2.75, 3.05) is 32.1 Å². The number of carbonyl (C=O) groups is 1. The van der Waals surface area contributed by atoms with E-state index in [2.05, 4.69) is 15.3 Å². The van der Waals surface area contributed by atoms with Gasteiger partial charge in [-0.15, -0.1) is 0 Å². The van der Waals surface area contributed by atoms with E-state index in [1.165, 1.54) is 19.4 Å². The van der Waals surface area contributed by atoms with Crippen molar-refractivity contribution in [3.8, 4) is 11.3 Å². The van der Waals surface area contributed by atoms with Gasteiger partial charge in [-0.25, -0.2) is 24.1 Å². The Bertz CT molecular complexity index is 1430. The second-order valence-electron chi connectivity index (χ2n) is 11.1. The van der Waals surface area contributed by atoms with Crippen LogP contribution in [0.15, 0.2) is 18.3 Å². The Labute approximate surface area is 230 Å². The normalized spacial score (nSPS) is 24.1. The average molecular weight is 559 g/mol. The third kappa shape index (κ3) is 4.81. The number of aliphatic hydroxyl groups is 1. The number of amides is 1. The van der Waals surface area contributed by atoms with Gasteiger partial charge >= 0.3 is 6.09 Å². The summed E-state index contributed by atoms with van der Waals surface area (Å²) in [6.45, 7) is 5.33.